The van der Waals surface area contributed by atoms with Gasteiger partial charge in [0.2, 0.25) is 0 Å². The van der Waals surface area contributed by atoms with Crippen molar-refractivity contribution in [1.29, 1.82) is 0 Å². The molecule has 0 atom stereocenters. The molecular formula is C26H27N3O2S. The van der Waals surface area contributed by atoms with Crippen molar-refractivity contribution >= 4 is 43.4 Å². The summed E-state index contributed by atoms with van der Waals surface area (Å²) in [5.74, 6) is -0.00237. The number of carbonyl (C=O) groups is 1. The zero-order chi connectivity index (χ0) is 22.1. The summed E-state index contributed by atoms with van der Waals surface area (Å²) in [6.07, 6.45) is 0. The van der Waals surface area contributed by atoms with Gasteiger partial charge >= 0.3 is 0 Å². The lowest BCUT2D eigenvalue weighted by molar-refractivity contribution is 0.0391. The van der Waals surface area contributed by atoms with Gasteiger partial charge in [-0.05, 0) is 53.9 Å². The minimum absolute atomic E-state index is 0.00237. The average Bonchev–Trinajstić information content (AvgIpc) is 3.23. The molecule has 0 radical (unpaired) electrons. The van der Waals surface area contributed by atoms with Crippen molar-refractivity contribution in [3.05, 3.63) is 71.3 Å². The highest BCUT2D eigenvalue weighted by molar-refractivity contribution is 7.22. The molecule has 164 valence electrons. The molecule has 2 heterocycles. The van der Waals surface area contributed by atoms with Crippen molar-refractivity contribution in [2.75, 3.05) is 44.3 Å². The minimum atomic E-state index is -0.00237. The van der Waals surface area contributed by atoms with Gasteiger partial charge in [0, 0.05) is 31.7 Å². The second-order valence-corrected chi connectivity index (χ2v) is 9.38. The first kappa shape index (κ1) is 21.1. The summed E-state index contributed by atoms with van der Waals surface area (Å²) in [6.45, 7) is 8.89. The van der Waals surface area contributed by atoms with Gasteiger partial charge in [0.15, 0.2) is 5.13 Å². The summed E-state index contributed by atoms with van der Waals surface area (Å²) in [5, 5.41) is 2.97. The molecule has 5 nitrogen and oxygen atoms in total. The summed E-state index contributed by atoms with van der Waals surface area (Å²) >= 11 is 1.60. The molecule has 32 heavy (non-hydrogen) atoms. The number of aryl methyl sites for hydroxylation is 2. The monoisotopic (exact) mass is 445 g/mol. The quantitative estimate of drug-likeness (QED) is 0.431. The summed E-state index contributed by atoms with van der Waals surface area (Å²) in [5.41, 5.74) is 4.05. The molecule has 0 unspecified atom stereocenters. The maximum atomic E-state index is 13.7. The molecule has 1 saturated heterocycles. The van der Waals surface area contributed by atoms with Gasteiger partial charge in [-0.15, -0.1) is 0 Å². The van der Waals surface area contributed by atoms with E-state index in [1.54, 1.807) is 11.3 Å². The number of amides is 1. The van der Waals surface area contributed by atoms with E-state index in [9.17, 15) is 4.79 Å². The van der Waals surface area contributed by atoms with Crippen LogP contribution in [0, 0.1) is 13.8 Å². The fourth-order valence-electron chi connectivity index (χ4n) is 4.31. The van der Waals surface area contributed by atoms with E-state index in [1.807, 2.05) is 41.3 Å². The van der Waals surface area contributed by atoms with Gasteiger partial charge in [-0.25, -0.2) is 4.98 Å². The molecular weight excluding hydrogens is 418 g/mol. The Labute approximate surface area is 192 Å². The fourth-order valence-corrected chi connectivity index (χ4v) is 5.35. The van der Waals surface area contributed by atoms with Crippen molar-refractivity contribution in [2.24, 2.45) is 0 Å². The topological polar surface area (TPSA) is 45.7 Å². The lowest BCUT2D eigenvalue weighted by atomic mass is 10.1. The molecule has 4 aromatic rings. The predicted molar refractivity (Wildman–Crippen MR) is 132 cm³/mol. The molecule has 1 aliphatic rings. The molecule has 3 aromatic carbocycles. The highest BCUT2D eigenvalue weighted by Crippen LogP contribution is 2.33. The lowest BCUT2D eigenvalue weighted by Gasteiger charge is -2.29. The summed E-state index contributed by atoms with van der Waals surface area (Å²) in [6, 6.07) is 18.4. The van der Waals surface area contributed by atoms with Crippen LogP contribution >= 0.6 is 11.3 Å². The van der Waals surface area contributed by atoms with Crippen molar-refractivity contribution in [3.63, 3.8) is 0 Å². The molecule has 5 rings (SSSR count). The molecule has 6 heteroatoms. The molecule has 0 N–H and O–H groups in total. The van der Waals surface area contributed by atoms with Crippen LogP contribution in [0.5, 0.6) is 0 Å². The number of carbonyl (C=O) groups excluding carboxylic acids is 1. The number of fused-ring (bicyclic) bond motifs is 2. The highest BCUT2D eigenvalue weighted by Gasteiger charge is 2.23. The maximum absolute atomic E-state index is 13.7. The second kappa shape index (κ2) is 8.98. The first-order chi connectivity index (χ1) is 15.6. The van der Waals surface area contributed by atoms with E-state index in [2.05, 4.69) is 36.9 Å². The molecule has 0 spiro atoms. The third kappa shape index (κ3) is 4.26. The molecule has 1 aliphatic heterocycles. The number of benzene rings is 3. The van der Waals surface area contributed by atoms with E-state index in [0.29, 0.717) is 12.1 Å². The molecule has 0 saturated carbocycles. The Hall–Kier alpha value is -2.80. The normalized spacial score (nSPS) is 14.8. The van der Waals surface area contributed by atoms with Crippen LogP contribution in [0.4, 0.5) is 5.13 Å². The molecule has 1 aromatic heterocycles. The van der Waals surface area contributed by atoms with Crippen molar-refractivity contribution in [3.8, 4) is 0 Å². The van der Waals surface area contributed by atoms with Gasteiger partial charge in [-0.2, -0.15) is 0 Å². The van der Waals surface area contributed by atoms with Gasteiger partial charge in [-0.1, -0.05) is 47.7 Å². The fraction of sp³-hybridized carbons (Fsp3) is 0.308. The molecule has 1 amide bonds. The van der Waals surface area contributed by atoms with Gasteiger partial charge in [0.05, 0.1) is 23.4 Å². The largest absolute Gasteiger partial charge is 0.379 e. The summed E-state index contributed by atoms with van der Waals surface area (Å²) in [7, 11) is 0. The third-order valence-electron chi connectivity index (χ3n) is 6.02. The molecule has 1 fully saturated rings. The number of hydrogen-bond acceptors (Lipinski definition) is 5. The number of anilines is 1. The van der Waals surface area contributed by atoms with Gasteiger partial charge in [-0.3, -0.25) is 14.6 Å². The van der Waals surface area contributed by atoms with Crippen molar-refractivity contribution < 1.29 is 9.53 Å². The van der Waals surface area contributed by atoms with Crippen LogP contribution in [0.3, 0.4) is 0 Å². The van der Waals surface area contributed by atoms with E-state index in [-0.39, 0.29) is 5.91 Å². The van der Waals surface area contributed by atoms with Crippen molar-refractivity contribution in [1.82, 2.24) is 9.88 Å². The average molecular weight is 446 g/mol. The minimum Gasteiger partial charge on any atom is -0.379 e. The zero-order valence-electron chi connectivity index (χ0n) is 18.5. The number of morpholine rings is 1. The van der Waals surface area contributed by atoms with E-state index in [4.69, 9.17) is 9.72 Å². The van der Waals surface area contributed by atoms with E-state index >= 15 is 0 Å². The van der Waals surface area contributed by atoms with E-state index in [1.165, 1.54) is 11.1 Å². The van der Waals surface area contributed by atoms with Crippen LogP contribution in [0.25, 0.3) is 21.0 Å². The number of rotatable bonds is 5. The SMILES string of the molecule is Cc1cc(C)c2sc(N(CCN3CCOCC3)C(=O)c3ccc4ccccc4c3)nc2c1. The Morgan fingerprint density at radius 3 is 2.66 bits per heavy atom. The molecule has 0 aliphatic carbocycles. The van der Waals surface area contributed by atoms with Crippen LogP contribution < -0.4 is 4.90 Å². The predicted octanol–water partition coefficient (Wildman–Crippen LogP) is 5.05. The van der Waals surface area contributed by atoms with E-state index in [0.717, 1.165) is 59.0 Å². The Morgan fingerprint density at radius 2 is 1.84 bits per heavy atom. The highest BCUT2D eigenvalue weighted by atomic mass is 32.1. The number of aromatic nitrogens is 1. The second-order valence-electron chi connectivity index (χ2n) is 8.40. The zero-order valence-corrected chi connectivity index (χ0v) is 19.3. The third-order valence-corrected chi connectivity index (χ3v) is 7.25. The Morgan fingerprint density at radius 1 is 1.06 bits per heavy atom. The van der Waals surface area contributed by atoms with Crippen LogP contribution in [0.15, 0.2) is 54.6 Å². The Kier molecular flexibility index (Phi) is 5.91. The number of ether oxygens (including phenoxy) is 1. The molecule has 0 bridgehead atoms. The number of hydrogen-bond donors (Lipinski definition) is 0. The van der Waals surface area contributed by atoms with Gasteiger partial charge < -0.3 is 4.74 Å². The van der Waals surface area contributed by atoms with Gasteiger partial charge in [0.25, 0.3) is 5.91 Å². The van der Waals surface area contributed by atoms with Gasteiger partial charge in [0.1, 0.15) is 0 Å². The standard InChI is InChI=1S/C26H27N3O2S/c1-18-15-19(2)24-23(16-18)27-26(32-24)29(10-9-28-11-13-31-14-12-28)25(30)22-8-7-20-5-3-4-6-21(20)17-22/h3-8,15-17H,9-14H2,1-2H3. The summed E-state index contributed by atoms with van der Waals surface area (Å²) in [4.78, 5) is 22.8. The maximum Gasteiger partial charge on any atom is 0.260 e. The lowest BCUT2D eigenvalue weighted by Crippen LogP contribution is -2.43. The smallest absolute Gasteiger partial charge is 0.260 e. The first-order valence-corrected chi connectivity index (χ1v) is 11.9. The van der Waals surface area contributed by atoms with Crippen LogP contribution in [0.1, 0.15) is 21.5 Å². The van der Waals surface area contributed by atoms with Crippen molar-refractivity contribution in [2.45, 2.75) is 13.8 Å². The first-order valence-electron chi connectivity index (χ1n) is 11.1. The summed E-state index contributed by atoms with van der Waals surface area (Å²) < 4.78 is 6.63. The number of nitrogens with zero attached hydrogens (tertiary/aromatic N) is 3. The van der Waals surface area contributed by atoms with E-state index < -0.39 is 0 Å². The van der Waals surface area contributed by atoms with Crippen LogP contribution in [-0.2, 0) is 4.74 Å². The Bertz CT molecular complexity index is 1280. The van der Waals surface area contributed by atoms with Crippen LogP contribution in [0.2, 0.25) is 0 Å². The Balaban J connectivity index is 1.50. The number of thiazole rings is 1. The van der Waals surface area contributed by atoms with Crippen LogP contribution in [-0.4, -0.2) is 55.2 Å².